The van der Waals surface area contributed by atoms with Crippen molar-refractivity contribution in [1.29, 1.82) is 0 Å². The minimum absolute atomic E-state index is 0.402. The molecule has 0 fully saturated rings. The van der Waals surface area contributed by atoms with E-state index in [1.54, 1.807) is 6.08 Å². The van der Waals surface area contributed by atoms with Crippen molar-refractivity contribution >= 4 is 0 Å². The third-order valence-electron chi connectivity index (χ3n) is 3.59. The van der Waals surface area contributed by atoms with E-state index in [4.69, 9.17) is 0 Å². The summed E-state index contributed by atoms with van der Waals surface area (Å²) in [4.78, 5) is 0. The van der Waals surface area contributed by atoms with Crippen molar-refractivity contribution in [3.8, 4) is 0 Å². The van der Waals surface area contributed by atoms with Crippen molar-refractivity contribution in [2.24, 2.45) is 11.8 Å². The zero-order chi connectivity index (χ0) is 12.3. The SMILES string of the molecule is C=C[C@@](C)(O)C[C@@H]1C=C(C)CC[C@@H]1C(=C)C. The second kappa shape index (κ2) is 5.01. The highest BCUT2D eigenvalue weighted by Gasteiger charge is 2.29. The van der Waals surface area contributed by atoms with Crippen LogP contribution in [0, 0.1) is 11.8 Å². The Morgan fingerprint density at radius 1 is 1.69 bits per heavy atom. The fourth-order valence-corrected chi connectivity index (χ4v) is 2.54. The largest absolute Gasteiger partial charge is 0.386 e. The molecule has 0 aromatic heterocycles. The molecule has 1 aliphatic rings. The van der Waals surface area contributed by atoms with E-state index in [2.05, 4.69) is 33.1 Å². The molecule has 0 heterocycles. The predicted molar refractivity (Wildman–Crippen MR) is 70.2 cm³/mol. The molecule has 90 valence electrons. The third kappa shape index (κ3) is 3.34. The molecule has 0 aliphatic heterocycles. The van der Waals surface area contributed by atoms with Crippen LogP contribution in [0.2, 0.25) is 0 Å². The molecule has 0 bridgehead atoms. The van der Waals surface area contributed by atoms with Gasteiger partial charge in [0.15, 0.2) is 0 Å². The van der Waals surface area contributed by atoms with Crippen LogP contribution in [0.15, 0.2) is 36.5 Å². The van der Waals surface area contributed by atoms with Crippen molar-refractivity contribution in [2.45, 2.75) is 45.6 Å². The fraction of sp³-hybridized carbons (Fsp3) is 0.600. The van der Waals surface area contributed by atoms with Crippen LogP contribution < -0.4 is 0 Å². The van der Waals surface area contributed by atoms with E-state index in [9.17, 15) is 5.11 Å². The fourth-order valence-electron chi connectivity index (χ4n) is 2.54. The molecule has 0 aromatic carbocycles. The minimum atomic E-state index is -0.771. The molecular formula is C15H24O. The Kier molecular flexibility index (Phi) is 4.15. The molecule has 1 N–H and O–H groups in total. The van der Waals surface area contributed by atoms with Gasteiger partial charge in [-0.15, -0.1) is 6.58 Å². The number of rotatable bonds is 4. The van der Waals surface area contributed by atoms with Crippen LogP contribution in [-0.4, -0.2) is 10.7 Å². The predicted octanol–water partition coefficient (Wildman–Crippen LogP) is 3.86. The summed E-state index contributed by atoms with van der Waals surface area (Å²) in [6, 6.07) is 0. The summed E-state index contributed by atoms with van der Waals surface area (Å²) in [7, 11) is 0. The van der Waals surface area contributed by atoms with Crippen molar-refractivity contribution < 1.29 is 5.11 Å². The van der Waals surface area contributed by atoms with Crippen LogP contribution in [-0.2, 0) is 0 Å². The molecule has 16 heavy (non-hydrogen) atoms. The molecule has 0 saturated carbocycles. The maximum Gasteiger partial charge on any atom is 0.0802 e. The number of hydrogen-bond acceptors (Lipinski definition) is 1. The lowest BCUT2D eigenvalue weighted by molar-refractivity contribution is 0.0799. The van der Waals surface area contributed by atoms with E-state index in [0.717, 1.165) is 19.3 Å². The lowest BCUT2D eigenvalue weighted by atomic mass is 9.73. The van der Waals surface area contributed by atoms with Gasteiger partial charge in [0, 0.05) is 0 Å². The standard InChI is InChI=1S/C15H24O/c1-6-15(5,16)10-13-9-12(4)7-8-14(13)11(2)3/h6,9,13-14,16H,1-2,7-8,10H2,3-5H3/t13-,14+,15+/m0/s1. The molecule has 0 saturated heterocycles. The quantitative estimate of drug-likeness (QED) is 0.713. The summed E-state index contributed by atoms with van der Waals surface area (Å²) in [6.45, 7) is 13.9. The summed E-state index contributed by atoms with van der Waals surface area (Å²) in [5, 5.41) is 10.1. The Bertz CT molecular complexity index is 309. The van der Waals surface area contributed by atoms with Gasteiger partial charge in [0.25, 0.3) is 0 Å². The molecule has 0 spiro atoms. The van der Waals surface area contributed by atoms with Crippen LogP contribution in [0.25, 0.3) is 0 Å². The van der Waals surface area contributed by atoms with Gasteiger partial charge in [0.2, 0.25) is 0 Å². The lowest BCUT2D eigenvalue weighted by Gasteiger charge is -2.34. The molecule has 0 unspecified atom stereocenters. The van der Waals surface area contributed by atoms with Gasteiger partial charge in [-0.1, -0.05) is 29.9 Å². The molecular weight excluding hydrogens is 196 g/mol. The minimum Gasteiger partial charge on any atom is -0.386 e. The first kappa shape index (κ1) is 13.2. The van der Waals surface area contributed by atoms with Crippen LogP contribution >= 0.6 is 0 Å². The Morgan fingerprint density at radius 3 is 2.81 bits per heavy atom. The maximum atomic E-state index is 10.1. The number of allylic oxidation sites excluding steroid dienone is 3. The summed E-state index contributed by atoms with van der Waals surface area (Å²) in [5.41, 5.74) is 1.89. The average molecular weight is 220 g/mol. The van der Waals surface area contributed by atoms with E-state index in [1.165, 1.54) is 11.1 Å². The van der Waals surface area contributed by atoms with Crippen LogP contribution in [0.1, 0.15) is 40.0 Å². The van der Waals surface area contributed by atoms with Gasteiger partial charge >= 0.3 is 0 Å². The molecule has 3 atom stereocenters. The first-order chi connectivity index (χ1) is 7.35. The Morgan fingerprint density at radius 2 is 2.31 bits per heavy atom. The lowest BCUT2D eigenvalue weighted by Crippen LogP contribution is -2.29. The van der Waals surface area contributed by atoms with Gasteiger partial charge in [-0.3, -0.25) is 0 Å². The van der Waals surface area contributed by atoms with Gasteiger partial charge in [-0.05, 0) is 51.9 Å². The second-order valence-electron chi connectivity index (χ2n) is 5.43. The molecule has 1 nitrogen and oxygen atoms in total. The summed E-state index contributed by atoms with van der Waals surface area (Å²) >= 11 is 0. The Balaban J connectivity index is 2.84. The first-order valence-electron chi connectivity index (χ1n) is 6.04. The van der Waals surface area contributed by atoms with E-state index in [-0.39, 0.29) is 0 Å². The van der Waals surface area contributed by atoms with Gasteiger partial charge in [-0.2, -0.15) is 0 Å². The average Bonchev–Trinajstić information content (AvgIpc) is 2.16. The molecule has 0 amide bonds. The van der Waals surface area contributed by atoms with E-state index >= 15 is 0 Å². The highest BCUT2D eigenvalue weighted by atomic mass is 16.3. The van der Waals surface area contributed by atoms with Crippen LogP contribution in [0.3, 0.4) is 0 Å². The van der Waals surface area contributed by atoms with Gasteiger partial charge in [-0.25, -0.2) is 0 Å². The maximum absolute atomic E-state index is 10.1. The summed E-state index contributed by atoms with van der Waals surface area (Å²) in [6.07, 6.45) is 7.01. The third-order valence-corrected chi connectivity index (χ3v) is 3.59. The normalized spacial score (nSPS) is 29.1. The smallest absolute Gasteiger partial charge is 0.0802 e. The summed E-state index contributed by atoms with van der Waals surface area (Å²) in [5.74, 6) is 0.911. The van der Waals surface area contributed by atoms with Crippen molar-refractivity contribution in [1.82, 2.24) is 0 Å². The van der Waals surface area contributed by atoms with Gasteiger partial charge in [0.05, 0.1) is 5.60 Å². The topological polar surface area (TPSA) is 20.2 Å². The van der Waals surface area contributed by atoms with Crippen molar-refractivity contribution in [2.75, 3.05) is 0 Å². The number of hydrogen-bond donors (Lipinski definition) is 1. The molecule has 0 radical (unpaired) electrons. The first-order valence-corrected chi connectivity index (χ1v) is 6.04. The molecule has 1 rings (SSSR count). The zero-order valence-corrected chi connectivity index (χ0v) is 10.8. The van der Waals surface area contributed by atoms with E-state index in [0.29, 0.717) is 11.8 Å². The monoisotopic (exact) mass is 220 g/mol. The van der Waals surface area contributed by atoms with Crippen molar-refractivity contribution in [3.05, 3.63) is 36.5 Å². The van der Waals surface area contributed by atoms with Crippen LogP contribution in [0.4, 0.5) is 0 Å². The van der Waals surface area contributed by atoms with Crippen molar-refractivity contribution in [3.63, 3.8) is 0 Å². The van der Waals surface area contributed by atoms with Crippen LogP contribution in [0.5, 0.6) is 0 Å². The second-order valence-corrected chi connectivity index (χ2v) is 5.43. The highest BCUT2D eigenvalue weighted by Crippen LogP contribution is 2.37. The Labute approximate surface area is 99.6 Å². The van der Waals surface area contributed by atoms with E-state index < -0.39 is 5.60 Å². The highest BCUT2D eigenvalue weighted by molar-refractivity contribution is 5.15. The molecule has 0 aromatic rings. The van der Waals surface area contributed by atoms with Gasteiger partial charge in [0.1, 0.15) is 0 Å². The Hall–Kier alpha value is -0.820. The van der Waals surface area contributed by atoms with Gasteiger partial charge < -0.3 is 5.11 Å². The molecule has 1 heteroatoms. The van der Waals surface area contributed by atoms with E-state index in [1.807, 2.05) is 6.92 Å². The molecule has 1 aliphatic carbocycles. The summed E-state index contributed by atoms with van der Waals surface area (Å²) < 4.78 is 0. The zero-order valence-electron chi connectivity index (χ0n) is 10.8. The number of aliphatic hydroxyl groups is 1.